The lowest BCUT2D eigenvalue weighted by Crippen LogP contribution is -2.41. The van der Waals surface area contributed by atoms with Gasteiger partial charge in [-0.3, -0.25) is 0 Å². The maximum Gasteiger partial charge on any atom is 0.149 e. The average Bonchev–Trinajstić information content (AvgIpc) is 2.78. The molecule has 3 N–H and O–H groups in total. The van der Waals surface area contributed by atoms with Crippen LogP contribution in [0.5, 0.6) is 0 Å². The first-order chi connectivity index (χ1) is 9.70. The van der Waals surface area contributed by atoms with Crippen LogP contribution in [0.15, 0.2) is 12.3 Å². The van der Waals surface area contributed by atoms with Crippen molar-refractivity contribution in [3.63, 3.8) is 0 Å². The van der Waals surface area contributed by atoms with Crippen molar-refractivity contribution in [1.82, 2.24) is 0 Å². The lowest BCUT2D eigenvalue weighted by atomic mass is 10.1. The second-order valence-corrected chi connectivity index (χ2v) is 5.29. The van der Waals surface area contributed by atoms with Gasteiger partial charge in [-0.1, -0.05) is 32.6 Å². The number of hydrogen-bond donors (Lipinski definition) is 3. The summed E-state index contributed by atoms with van der Waals surface area (Å²) in [5.74, 6) is 0. The van der Waals surface area contributed by atoms with Crippen LogP contribution in [0.1, 0.15) is 45.4 Å². The number of ether oxygens (including phenoxy) is 2. The van der Waals surface area contributed by atoms with Gasteiger partial charge in [0.05, 0.1) is 19.5 Å². The fourth-order valence-electron chi connectivity index (χ4n) is 2.27. The Kier molecular flexibility index (Phi) is 8.85. The molecule has 0 bridgehead atoms. The Morgan fingerprint density at radius 2 is 2.00 bits per heavy atom. The molecule has 0 unspecified atom stereocenters. The Hall–Kier alpha value is -0.620. The van der Waals surface area contributed by atoms with Crippen LogP contribution in [0.3, 0.4) is 0 Å². The SMILES string of the molecule is CCCCCCC/C=C/O[C@H](CO)[C@@H]1OC[C@H](O)[C@@H]1O. The molecule has 1 aliphatic heterocycles. The van der Waals surface area contributed by atoms with Gasteiger partial charge in [0, 0.05) is 0 Å². The molecule has 0 amide bonds. The highest BCUT2D eigenvalue weighted by molar-refractivity contribution is 4.90. The van der Waals surface area contributed by atoms with Crippen LogP contribution in [0.25, 0.3) is 0 Å². The maximum atomic E-state index is 9.69. The summed E-state index contributed by atoms with van der Waals surface area (Å²) in [6.07, 6.45) is 7.34. The Morgan fingerprint density at radius 3 is 2.60 bits per heavy atom. The molecule has 1 saturated heterocycles. The van der Waals surface area contributed by atoms with Crippen LogP contribution >= 0.6 is 0 Å². The minimum atomic E-state index is -1.01. The number of hydrogen-bond acceptors (Lipinski definition) is 5. The summed E-state index contributed by atoms with van der Waals surface area (Å²) >= 11 is 0. The zero-order chi connectivity index (χ0) is 14.8. The lowest BCUT2D eigenvalue weighted by Gasteiger charge is -2.23. The van der Waals surface area contributed by atoms with Crippen molar-refractivity contribution in [2.24, 2.45) is 0 Å². The van der Waals surface area contributed by atoms with Gasteiger partial charge >= 0.3 is 0 Å². The fourth-order valence-corrected chi connectivity index (χ4v) is 2.27. The normalized spacial score (nSPS) is 28.1. The number of rotatable bonds is 10. The van der Waals surface area contributed by atoms with Crippen LogP contribution in [0.2, 0.25) is 0 Å². The van der Waals surface area contributed by atoms with Gasteiger partial charge in [-0.2, -0.15) is 0 Å². The number of allylic oxidation sites excluding steroid dienone is 1. The minimum absolute atomic E-state index is 0.0762. The summed E-state index contributed by atoms with van der Waals surface area (Å²) in [7, 11) is 0. The molecule has 0 saturated carbocycles. The molecule has 5 heteroatoms. The van der Waals surface area contributed by atoms with Crippen molar-refractivity contribution in [3.8, 4) is 0 Å². The molecule has 1 aliphatic rings. The molecule has 0 aromatic carbocycles. The Balaban J connectivity index is 2.18. The average molecular weight is 288 g/mol. The van der Waals surface area contributed by atoms with E-state index in [9.17, 15) is 15.3 Å². The molecule has 0 spiro atoms. The second-order valence-electron chi connectivity index (χ2n) is 5.29. The van der Waals surface area contributed by atoms with Gasteiger partial charge in [-0.15, -0.1) is 0 Å². The van der Waals surface area contributed by atoms with Crippen LogP contribution in [-0.4, -0.2) is 52.9 Å². The molecular weight excluding hydrogens is 260 g/mol. The zero-order valence-corrected chi connectivity index (χ0v) is 12.3. The van der Waals surface area contributed by atoms with Crippen molar-refractivity contribution in [2.75, 3.05) is 13.2 Å². The first kappa shape index (κ1) is 17.4. The third kappa shape index (κ3) is 5.79. The standard InChI is InChI=1S/C15H28O5/c1-2-3-4-5-6-7-8-9-19-13(10-16)15-14(18)12(17)11-20-15/h8-9,12-18H,2-7,10-11H2,1H3/b9-8+/t12-,13+,14-,15-/m0/s1. The molecule has 0 aliphatic carbocycles. The van der Waals surface area contributed by atoms with E-state index in [1.54, 1.807) is 6.26 Å². The summed E-state index contributed by atoms with van der Waals surface area (Å²) in [6, 6.07) is 0. The van der Waals surface area contributed by atoms with Crippen LogP contribution < -0.4 is 0 Å². The third-order valence-electron chi connectivity index (χ3n) is 3.56. The summed E-state index contributed by atoms with van der Waals surface area (Å²) in [6.45, 7) is 2.02. The highest BCUT2D eigenvalue weighted by Crippen LogP contribution is 2.19. The number of unbranched alkanes of at least 4 members (excludes halogenated alkanes) is 5. The summed E-state index contributed by atoms with van der Waals surface area (Å²) in [5, 5.41) is 28.3. The molecule has 1 rings (SSSR count). The molecule has 0 radical (unpaired) electrons. The van der Waals surface area contributed by atoms with Crippen molar-refractivity contribution in [1.29, 1.82) is 0 Å². The molecule has 0 aromatic heterocycles. The first-order valence-corrected chi connectivity index (χ1v) is 7.59. The fraction of sp³-hybridized carbons (Fsp3) is 0.867. The lowest BCUT2D eigenvalue weighted by molar-refractivity contribution is -0.0737. The van der Waals surface area contributed by atoms with Crippen molar-refractivity contribution in [3.05, 3.63) is 12.3 Å². The highest BCUT2D eigenvalue weighted by atomic mass is 16.6. The topological polar surface area (TPSA) is 79.2 Å². The first-order valence-electron chi connectivity index (χ1n) is 7.59. The number of aliphatic hydroxyl groups is 3. The zero-order valence-electron chi connectivity index (χ0n) is 12.3. The second kappa shape index (κ2) is 10.2. The molecule has 0 aromatic rings. The van der Waals surface area contributed by atoms with E-state index in [0.29, 0.717) is 0 Å². The summed E-state index contributed by atoms with van der Waals surface area (Å²) in [4.78, 5) is 0. The van der Waals surface area contributed by atoms with Gasteiger partial charge in [0.1, 0.15) is 24.4 Å². The van der Waals surface area contributed by atoms with E-state index in [1.165, 1.54) is 25.7 Å². The molecule has 5 nitrogen and oxygen atoms in total. The van der Waals surface area contributed by atoms with Crippen molar-refractivity contribution < 1.29 is 24.8 Å². The predicted octanol–water partition coefficient (Wildman–Crippen LogP) is 1.36. The van der Waals surface area contributed by atoms with E-state index in [4.69, 9.17) is 9.47 Å². The van der Waals surface area contributed by atoms with Crippen LogP contribution in [-0.2, 0) is 9.47 Å². The van der Waals surface area contributed by atoms with E-state index in [2.05, 4.69) is 6.92 Å². The molecule has 4 atom stereocenters. The van der Waals surface area contributed by atoms with E-state index < -0.39 is 24.4 Å². The number of aliphatic hydroxyl groups excluding tert-OH is 3. The smallest absolute Gasteiger partial charge is 0.149 e. The Morgan fingerprint density at radius 1 is 1.25 bits per heavy atom. The summed E-state index contributed by atoms with van der Waals surface area (Å²) < 4.78 is 10.6. The minimum Gasteiger partial charge on any atom is -0.493 e. The van der Waals surface area contributed by atoms with Gasteiger partial charge in [-0.25, -0.2) is 0 Å². The van der Waals surface area contributed by atoms with Crippen molar-refractivity contribution in [2.45, 2.75) is 69.9 Å². The van der Waals surface area contributed by atoms with Crippen LogP contribution in [0, 0.1) is 0 Å². The Bertz CT molecular complexity index is 269. The van der Waals surface area contributed by atoms with E-state index >= 15 is 0 Å². The van der Waals surface area contributed by atoms with E-state index in [1.807, 2.05) is 6.08 Å². The van der Waals surface area contributed by atoms with E-state index in [-0.39, 0.29) is 13.2 Å². The van der Waals surface area contributed by atoms with Gasteiger partial charge in [0.25, 0.3) is 0 Å². The van der Waals surface area contributed by atoms with Crippen molar-refractivity contribution >= 4 is 0 Å². The maximum absolute atomic E-state index is 9.69. The molecule has 118 valence electrons. The highest BCUT2D eigenvalue weighted by Gasteiger charge is 2.40. The van der Waals surface area contributed by atoms with Gasteiger partial charge in [0.2, 0.25) is 0 Å². The van der Waals surface area contributed by atoms with E-state index in [0.717, 1.165) is 12.8 Å². The van der Waals surface area contributed by atoms with Gasteiger partial charge in [0.15, 0.2) is 0 Å². The third-order valence-corrected chi connectivity index (χ3v) is 3.56. The Labute approximate surface area is 121 Å². The summed E-state index contributed by atoms with van der Waals surface area (Å²) in [5.41, 5.74) is 0. The predicted molar refractivity (Wildman–Crippen MR) is 76.2 cm³/mol. The largest absolute Gasteiger partial charge is 0.493 e. The molecule has 1 heterocycles. The molecular formula is C15H28O5. The van der Waals surface area contributed by atoms with Gasteiger partial charge < -0.3 is 24.8 Å². The quantitative estimate of drug-likeness (QED) is 0.418. The van der Waals surface area contributed by atoms with Gasteiger partial charge in [-0.05, 0) is 18.9 Å². The molecule has 20 heavy (non-hydrogen) atoms. The monoisotopic (exact) mass is 288 g/mol. The molecule has 1 fully saturated rings. The van der Waals surface area contributed by atoms with Crippen LogP contribution in [0.4, 0.5) is 0 Å².